The molecule has 0 bridgehead atoms. The van der Waals surface area contributed by atoms with Gasteiger partial charge in [-0.05, 0) is 78.9 Å². The largest absolute Gasteiger partial charge is 0.505 e. The van der Waals surface area contributed by atoms with E-state index in [0.29, 0.717) is 42.0 Å². The zero-order chi connectivity index (χ0) is 67.4. The fourth-order valence-corrected chi connectivity index (χ4v) is 12.9. The third-order valence-corrected chi connectivity index (χ3v) is 18.4. The molecule has 0 saturated heterocycles. The molecule has 1 aromatic heterocycles. The number of nitrogens with one attached hydrogen (secondary N) is 1. The summed E-state index contributed by atoms with van der Waals surface area (Å²) < 4.78 is 218. The summed E-state index contributed by atoms with van der Waals surface area (Å²) in [5, 5.41) is 76.4. The van der Waals surface area contributed by atoms with E-state index < -0.39 is 195 Å². The number of nitro groups is 1. The van der Waals surface area contributed by atoms with Gasteiger partial charge >= 0.3 is 0 Å². The van der Waals surface area contributed by atoms with Crippen LogP contribution in [0.3, 0.4) is 0 Å². The van der Waals surface area contributed by atoms with Crippen molar-refractivity contribution in [3.63, 3.8) is 0 Å². The van der Waals surface area contributed by atoms with Crippen LogP contribution in [0, 0.1) is 10.1 Å². The number of nitro benzene ring substituents is 1. The fourth-order valence-electron chi connectivity index (χ4n) is 8.50. The second kappa shape index (κ2) is 24.8. The van der Waals surface area contributed by atoms with E-state index in [1.54, 1.807) is 30.3 Å². The first-order valence-corrected chi connectivity index (χ1v) is 33.3. The normalized spacial score (nSPS) is 13.0. The molecule has 45 heteroatoms. The molecule has 478 valence electrons. The molecule has 9 aromatic rings. The summed E-state index contributed by atoms with van der Waals surface area (Å²) in [4.78, 5) is 16.7. The predicted molar refractivity (Wildman–Crippen MR) is 313 cm³/mol. The first-order valence-electron chi connectivity index (χ1n) is 23.9. The number of nitrogens with two attached hydrogens (primary N) is 1. The molecule has 9 rings (SSSR count). The fraction of sp³-hybridized carbons (Fsp3) is 0. The number of H-pyrrole nitrogens is 1. The molecule has 0 unspecified atom stereocenters. The number of aromatic hydroxyl groups is 2. The molecule has 0 spiro atoms. The van der Waals surface area contributed by atoms with Crippen LogP contribution >= 0.6 is 12.0 Å². The minimum absolute atomic E-state index is 0.0104. The number of non-ortho nitro benzene ring substituents is 1. The van der Waals surface area contributed by atoms with Crippen LogP contribution in [-0.4, -0.2) is 108 Å². The number of phenolic OH excluding ortho intramolecular Hbond substituents is 2. The number of rotatable bonds is 20. The van der Waals surface area contributed by atoms with Gasteiger partial charge in [-0.15, -0.1) is 40.1 Å². The Morgan fingerprint density at radius 1 is 0.522 bits per heavy atom. The number of nitrogens with zero attached hydrogens (tertiary/aromatic N) is 10. The van der Waals surface area contributed by atoms with E-state index in [2.05, 4.69) is 55.4 Å². The van der Waals surface area contributed by atoms with Gasteiger partial charge in [0.05, 0.1) is 54.9 Å². The first-order chi connectivity index (χ1) is 42.9. The Bertz CT molecular complexity index is 5540. The summed E-state index contributed by atoms with van der Waals surface area (Å²) in [7, 11) is -32.2. The highest BCUT2D eigenvalue weighted by atomic mass is 32.2. The lowest BCUT2D eigenvalue weighted by Crippen LogP contribution is -2.14. The Morgan fingerprint density at radius 2 is 1.08 bits per heavy atom. The zero-order valence-corrected chi connectivity index (χ0v) is 50.1. The second-order valence-corrected chi connectivity index (χ2v) is 27.2. The van der Waals surface area contributed by atoms with Crippen molar-refractivity contribution in [3.05, 3.63) is 142 Å². The van der Waals surface area contributed by atoms with Gasteiger partial charge in [-0.1, -0.05) is 35.4 Å². The van der Waals surface area contributed by atoms with Crippen LogP contribution in [0.1, 0.15) is 0 Å². The Hall–Kier alpha value is -9.82. The Labute approximate surface area is 516 Å². The van der Waals surface area contributed by atoms with Crippen molar-refractivity contribution in [2.75, 3.05) is 5.73 Å². The van der Waals surface area contributed by atoms with Crippen molar-refractivity contribution in [2.24, 2.45) is 40.9 Å². The van der Waals surface area contributed by atoms with Gasteiger partial charge < -0.3 is 15.9 Å². The molecular weight excluding hydrogens is 1370 g/mol. The van der Waals surface area contributed by atoms with Gasteiger partial charge in [0.15, 0.2) is 17.2 Å². The lowest BCUT2D eigenvalue weighted by molar-refractivity contribution is -0.432. The lowest BCUT2D eigenvalue weighted by Gasteiger charge is -2.15. The van der Waals surface area contributed by atoms with Gasteiger partial charge in [-0.2, -0.15) is 55.6 Å². The van der Waals surface area contributed by atoms with E-state index in [4.69, 9.17) is 11.0 Å². The maximum atomic E-state index is 13.8. The molecule has 0 aliphatic heterocycles. The molecule has 12 N–H and O–H groups in total. The van der Waals surface area contributed by atoms with E-state index in [1.165, 1.54) is 0 Å². The highest BCUT2D eigenvalue weighted by Crippen LogP contribution is 2.51. The van der Waals surface area contributed by atoms with E-state index in [9.17, 15) is 103 Å². The zero-order valence-electron chi connectivity index (χ0n) is 44.4. The van der Waals surface area contributed by atoms with Gasteiger partial charge in [0.25, 0.3) is 72.0 Å². The van der Waals surface area contributed by atoms with Gasteiger partial charge in [0.2, 0.25) is 0 Å². The van der Waals surface area contributed by atoms with Crippen LogP contribution in [0.15, 0.2) is 201 Å². The highest BCUT2D eigenvalue weighted by molar-refractivity contribution is 7.94. The first kappa shape index (κ1) is 66.6. The van der Waals surface area contributed by atoms with Gasteiger partial charge in [0, 0.05) is 33.9 Å². The molecule has 1 heterocycles. The minimum atomic E-state index is -5.74. The van der Waals surface area contributed by atoms with E-state index in [-0.39, 0.29) is 23.4 Å². The number of nitrogen functional groups attached to an aromatic ring is 1. The van der Waals surface area contributed by atoms with Crippen molar-refractivity contribution in [2.45, 2.75) is 34.3 Å². The van der Waals surface area contributed by atoms with Crippen molar-refractivity contribution in [1.29, 1.82) is 0 Å². The summed E-state index contributed by atoms with van der Waals surface area (Å²) >= 11 is -0.0436. The highest BCUT2D eigenvalue weighted by Gasteiger charge is 2.31. The van der Waals surface area contributed by atoms with Crippen molar-refractivity contribution in [3.8, 4) is 28.4 Å². The Morgan fingerprint density at radius 3 is 1.65 bits per heavy atom. The third-order valence-electron chi connectivity index (χ3n) is 12.5. The molecule has 0 saturated carbocycles. The SMILES string of the molecule is Nc1c(N=Nc2ccc3c(O)c(N=Nc4ccc(N=Nc5c(-c6ccccc6)[nH]n(-c6ccc(S(=O)(=O)O)cc6)c5=O)c(S(=O)(=O)O)c4)c(S(=O)(=O)O)cc3c2S(=O)(=O)O)cc(S(=O)(=O)O)c2cc(SOOO)c(N=Nc3ccc([N+](=O)[O-])cc3S(=O)(=O)O)c(O)c12. The molecule has 0 aliphatic carbocycles. The number of hydrogen-bond acceptors (Lipinski definition) is 30. The van der Waals surface area contributed by atoms with Crippen molar-refractivity contribution >= 4 is 151 Å². The average Bonchev–Trinajstić information content (AvgIpc) is 0.971. The summed E-state index contributed by atoms with van der Waals surface area (Å²) in [5.41, 5.74) is -2.45. The van der Waals surface area contributed by atoms with Crippen LogP contribution in [0.25, 0.3) is 38.5 Å². The van der Waals surface area contributed by atoms with Crippen LogP contribution in [-0.2, 0) is 70.1 Å². The molecule has 0 fully saturated rings. The van der Waals surface area contributed by atoms with Crippen molar-refractivity contribution < 1.29 is 108 Å². The minimum Gasteiger partial charge on any atom is -0.505 e. The monoisotopic (exact) mass is 1400 g/mol. The molecule has 8 aromatic carbocycles. The Balaban J connectivity index is 1.13. The number of hydrogen-bond donors (Lipinski definition) is 11. The van der Waals surface area contributed by atoms with Crippen molar-refractivity contribution in [1.82, 2.24) is 9.78 Å². The van der Waals surface area contributed by atoms with Crippen LogP contribution in [0.4, 0.5) is 56.9 Å². The number of benzene rings is 8. The molecular formula is C47H32N12O26S7. The predicted octanol–water partition coefficient (Wildman–Crippen LogP) is 9.61. The van der Waals surface area contributed by atoms with Gasteiger partial charge in [0.1, 0.15) is 58.6 Å². The quantitative estimate of drug-likeness (QED) is 0.00643. The van der Waals surface area contributed by atoms with Crippen LogP contribution in [0.2, 0.25) is 0 Å². The topological polar surface area (TPSA) is 611 Å². The Kier molecular flexibility index (Phi) is 17.9. The van der Waals surface area contributed by atoms with E-state index in [0.717, 1.165) is 59.3 Å². The maximum Gasteiger partial charge on any atom is 0.299 e. The van der Waals surface area contributed by atoms with Gasteiger partial charge in [-0.3, -0.25) is 47.3 Å². The summed E-state index contributed by atoms with van der Waals surface area (Å²) in [5.74, 6) is -2.58. The number of aromatic nitrogens is 2. The molecule has 92 heavy (non-hydrogen) atoms. The molecule has 0 atom stereocenters. The summed E-state index contributed by atoms with van der Waals surface area (Å²) in [6.07, 6.45) is 0. The maximum absolute atomic E-state index is 13.8. The van der Waals surface area contributed by atoms with E-state index in [1.807, 2.05) is 0 Å². The number of anilines is 1. The molecule has 0 amide bonds. The van der Waals surface area contributed by atoms with Crippen LogP contribution < -0.4 is 11.3 Å². The third kappa shape index (κ3) is 13.8. The average molecular weight is 1410 g/mol. The van der Waals surface area contributed by atoms with Crippen LogP contribution in [0.5, 0.6) is 11.5 Å². The van der Waals surface area contributed by atoms with E-state index >= 15 is 0 Å². The molecule has 38 nitrogen and oxygen atoms in total. The number of phenols is 2. The molecule has 0 radical (unpaired) electrons. The molecule has 0 aliphatic rings. The summed E-state index contributed by atoms with van der Waals surface area (Å²) in [6.45, 7) is 0. The number of aromatic amines is 1. The summed E-state index contributed by atoms with van der Waals surface area (Å²) in [6, 6.07) is 19.5. The lowest BCUT2D eigenvalue weighted by atomic mass is 10.0. The number of azo groups is 4. The smallest absolute Gasteiger partial charge is 0.299 e. The van der Waals surface area contributed by atoms with Gasteiger partial charge in [-0.25, -0.2) is 9.94 Å². The standard InChI is InChI=1S/C47H32N12O26S7/c48-39-32(20-34(88(69,70)71)28-18-33(86-85-84-65)41(45(61)38(28)39)54-50-30-14-9-24(59(63)64)17-36(30)90(75,76)77)53-52-31-15-12-26-27(46(31)92(81,82)83)19-37(91(78,79)80)42(44(26)60)55-49-22-6-13-29(35(16-22)89(72,73)74)51-56-43-40(21-4-2-1-3-5-21)57-58(47(43)62)23-7-10-25(11-8-23)87(66,67)68/h1-20,57,60-61,65H,48H2,(H,66,67,68)(H,69,70,71)(H,72,73,74)(H,75,76,77)(H,78,79,80)(H,81,82,83). The second-order valence-electron chi connectivity index (χ2n) is 18.2. The number of fused-ring (bicyclic) bond motifs is 2.